The number of amides is 1. The third-order valence-electron chi connectivity index (χ3n) is 3.39. The normalized spacial score (nSPS) is 9.88. The van der Waals surface area contributed by atoms with E-state index in [9.17, 15) is 9.18 Å². The van der Waals surface area contributed by atoms with Crippen LogP contribution in [-0.2, 0) is 11.2 Å². The van der Waals surface area contributed by atoms with Crippen LogP contribution >= 0.6 is 0 Å². The second-order valence-electron chi connectivity index (χ2n) is 5.08. The first-order valence-corrected chi connectivity index (χ1v) is 7.46. The van der Waals surface area contributed by atoms with Crippen LogP contribution in [0.4, 0.5) is 10.1 Å². The minimum atomic E-state index is -0.565. The number of nitrogens with one attached hydrogen (secondary N) is 2. The lowest BCUT2D eigenvalue weighted by molar-refractivity contribution is -0.120. The zero-order valence-corrected chi connectivity index (χ0v) is 13.3. The van der Waals surface area contributed by atoms with E-state index >= 15 is 0 Å². The summed E-state index contributed by atoms with van der Waals surface area (Å²) in [5.74, 6) is 0.0199. The van der Waals surface area contributed by atoms with E-state index in [2.05, 4.69) is 10.6 Å². The highest BCUT2D eigenvalue weighted by Crippen LogP contribution is 2.17. The highest BCUT2D eigenvalue weighted by Gasteiger charge is 2.07. The molecule has 0 heterocycles. The lowest BCUT2D eigenvalue weighted by Gasteiger charge is -2.10. The summed E-state index contributed by atoms with van der Waals surface area (Å²) in [6.45, 7) is 0.756. The van der Waals surface area contributed by atoms with Crippen LogP contribution in [0.25, 0.3) is 0 Å². The molecule has 2 aromatic rings. The van der Waals surface area contributed by atoms with Gasteiger partial charge in [0.05, 0.1) is 19.2 Å². The van der Waals surface area contributed by atoms with Gasteiger partial charge in [0.1, 0.15) is 23.2 Å². The Balaban J connectivity index is 1.79. The van der Waals surface area contributed by atoms with Crippen LogP contribution in [0.5, 0.6) is 5.75 Å². The smallest absolute Gasteiger partial charge is 0.224 e. The summed E-state index contributed by atoms with van der Waals surface area (Å²) >= 11 is 0. The number of hydrogen-bond acceptors (Lipinski definition) is 4. The summed E-state index contributed by atoms with van der Waals surface area (Å²) in [5, 5.41) is 14.7. The van der Waals surface area contributed by atoms with Crippen LogP contribution in [0.3, 0.4) is 0 Å². The summed E-state index contributed by atoms with van der Waals surface area (Å²) in [6.07, 6.45) is 0.251. The van der Waals surface area contributed by atoms with Crippen molar-refractivity contribution in [2.45, 2.75) is 6.42 Å². The summed E-state index contributed by atoms with van der Waals surface area (Å²) in [7, 11) is 1.58. The molecule has 0 saturated heterocycles. The SMILES string of the molecule is COc1cccc(CC(=O)NCCNc2cccc(F)c2C#N)c1. The first kappa shape index (κ1) is 17.3. The van der Waals surface area contributed by atoms with Crippen LogP contribution in [0.15, 0.2) is 42.5 Å². The molecule has 0 aromatic heterocycles. The average molecular weight is 327 g/mol. The Kier molecular flexibility index (Phi) is 6.15. The molecule has 24 heavy (non-hydrogen) atoms. The number of nitrogens with zero attached hydrogens (tertiary/aromatic N) is 1. The van der Waals surface area contributed by atoms with E-state index in [4.69, 9.17) is 10.00 Å². The second kappa shape index (κ2) is 8.53. The minimum Gasteiger partial charge on any atom is -0.497 e. The molecular formula is C18H18FN3O2. The van der Waals surface area contributed by atoms with Crippen molar-refractivity contribution >= 4 is 11.6 Å². The van der Waals surface area contributed by atoms with Gasteiger partial charge in [-0.05, 0) is 29.8 Å². The average Bonchev–Trinajstić information content (AvgIpc) is 2.59. The minimum absolute atomic E-state index is 0.0276. The lowest BCUT2D eigenvalue weighted by atomic mass is 10.1. The number of carbonyl (C=O) groups excluding carboxylic acids is 1. The molecular weight excluding hydrogens is 309 g/mol. The number of rotatable bonds is 7. The van der Waals surface area contributed by atoms with Crippen LogP contribution in [-0.4, -0.2) is 26.1 Å². The zero-order chi connectivity index (χ0) is 17.4. The fraction of sp³-hybridized carbons (Fsp3) is 0.222. The van der Waals surface area contributed by atoms with Crippen molar-refractivity contribution in [3.63, 3.8) is 0 Å². The summed E-state index contributed by atoms with van der Waals surface area (Å²) in [4.78, 5) is 11.9. The van der Waals surface area contributed by atoms with Gasteiger partial charge in [-0.15, -0.1) is 0 Å². The van der Waals surface area contributed by atoms with Crippen LogP contribution < -0.4 is 15.4 Å². The number of benzene rings is 2. The maximum Gasteiger partial charge on any atom is 0.224 e. The molecule has 0 aliphatic rings. The maximum absolute atomic E-state index is 13.4. The van der Waals surface area contributed by atoms with Crippen molar-refractivity contribution in [2.24, 2.45) is 0 Å². The molecule has 0 aliphatic carbocycles. The lowest BCUT2D eigenvalue weighted by Crippen LogP contribution is -2.30. The molecule has 0 spiro atoms. The van der Waals surface area contributed by atoms with Crippen molar-refractivity contribution in [2.75, 3.05) is 25.5 Å². The molecule has 0 atom stereocenters. The molecule has 0 saturated carbocycles. The molecule has 5 nitrogen and oxygen atoms in total. The van der Waals surface area contributed by atoms with Crippen molar-refractivity contribution in [3.8, 4) is 11.8 Å². The van der Waals surface area contributed by atoms with Crippen LogP contribution in [0, 0.1) is 17.1 Å². The number of anilines is 1. The van der Waals surface area contributed by atoms with Crippen molar-refractivity contribution in [3.05, 3.63) is 59.4 Å². The quantitative estimate of drug-likeness (QED) is 0.766. The monoisotopic (exact) mass is 327 g/mol. The molecule has 1 amide bonds. The predicted octanol–water partition coefficient (Wildman–Crippen LogP) is 2.48. The van der Waals surface area contributed by atoms with Crippen LogP contribution in [0.2, 0.25) is 0 Å². The van der Waals surface area contributed by atoms with Crippen molar-refractivity contribution in [1.29, 1.82) is 5.26 Å². The van der Waals surface area contributed by atoms with Gasteiger partial charge >= 0.3 is 0 Å². The van der Waals surface area contributed by atoms with Gasteiger partial charge in [-0.2, -0.15) is 5.26 Å². The summed E-state index contributed by atoms with van der Waals surface area (Å²) in [5.41, 5.74) is 1.25. The first-order valence-electron chi connectivity index (χ1n) is 7.46. The number of hydrogen-bond donors (Lipinski definition) is 2. The zero-order valence-electron chi connectivity index (χ0n) is 13.3. The Morgan fingerprint density at radius 2 is 2.04 bits per heavy atom. The third kappa shape index (κ3) is 4.71. The van der Waals surface area contributed by atoms with E-state index < -0.39 is 5.82 Å². The molecule has 0 unspecified atom stereocenters. The van der Waals surface area contributed by atoms with Gasteiger partial charge in [0.25, 0.3) is 0 Å². The van der Waals surface area contributed by atoms with E-state index in [-0.39, 0.29) is 17.9 Å². The van der Waals surface area contributed by atoms with Gasteiger partial charge < -0.3 is 15.4 Å². The Morgan fingerprint density at radius 3 is 2.79 bits per heavy atom. The van der Waals surface area contributed by atoms with Crippen molar-refractivity contribution in [1.82, 2.24) is 5.32 Å². The first-order chi connectivity index (χ1) is 11.6. The molecule has 2 aromatic carbocycles. The fourth-order valence-electron chi connectivity index (χ4n) is 2.21. The molecule has 2 rings (SSSR count). The van der Waals surface area contributed by atoms with E-state index in [1.165, 1.54) is 12.1 Å². The molecule has 124 valence electrons. The van der Waals surface area contributed by atoms with Gasteiger partial charge in [-0.25, -0.2) is 4.39 Å². The van der Waals surface area contributed by atoms with Crippen LogP contribution in [0.1, 0.15) is 11.1 Å². The largest absolute Gasteiger partial charge is 0.497 e. The van der Waals surface area contributed by atoms with E-state index in [0.717, 1.165) is 5.56 Å². The number of halogens is 1. The van der Waals surface area contributed by atoms with Gasteiger partial charge in [0, 0.05) is 13.1 Å². The summed E-state index contributed by atoms with van der Waals surface area (Å²) in [6, 6.07) is 13.5. The van der Waals surface area contributed by atoms with E-state index in [1.807, 2.05) is 30.3 Å². The Morgan fingerprint density at radius 1 is 1.25 bits per heavy atom. The highest BCUT2D eigenvalue weighted by atomic mass is 19.1. The number of methoxy groups -OCH3 is 1. The standard InChI is InChI=1S/C18H18FN3O2/c1-24-14-5-2-4-13(10-14)11-18(23)22-9-8-21-17-7-3-6-16(19)15(17)12-20/h2-7,10,21H,8-9,11H2,1H3,(H,22,23). The second-order valence-corrected chi connectivity index (χ2v) is 5.08. The van der Waals surface area contributed by atoms with Crippen molar-refractivity contribution < 1.29 is 13.9 Å². The summed E-state index contributed by atoms with van der Waals surface area (Å²) < 4.78 is 18.6. The molecule has 2 N–H and O–H groups in total. The highest BCUT2D eigenvalue weighted by molar-refractivity contribution is 5.78. The van der Waals surface area contributed by atoms with Gasteiger partial charge in [0.15, 0.2) is 0 Å². The molecule has 0 bridgehead atoms. The molecule has 0 radical (unpaired) electrons. The Labute approximate surface area is 140 Å². The van der Waals surface area contributed by atoms with E-state index in [1.54, 1.807) is 13.2 Å². The predicted molar refractivity (Wildman–Crippen MR) is 89.3 cm³/mol. The topological polar surface area (TPSA) is 74.2 Å². The fourth-order valence-corrected chi connectivity index (χ4v) is 2.21. The number of carbonyl (C=O) groups is 1. The van der Waals surface area contributed by atoms with Gasteiger partial charge in [-0.1, -0.05) is 18.2 Å². The maximum atomic E-state index is 13.4. The molecule has 0 aliphatic heterocycles. The third-order valence-corrected chi connectivity index (χ3v) is 3.39. The van der Waals surface area contributed by atoms with E-state index in [0.29, 0.717) is 24.5 Å². The molecule has 6 heteroatoms. The Hall–Kier alpha value is -3.07. The van der Waals surface area contributed by atoms with Gasteiger partial charge in [-0.3, -0.25) is 4.79 Å². The number of nitriles is 1. The Bertz CT molecular complexity index is 756. The molecule has 0 fully saturated rings. The number of ether oxygens (including phenoxy) is 1. The van der Waals surface area contributed by atoms with Gasteiger partial charge in [0.2, 0.25) is 5.91 Å².